The number of pyridine rings is 1. The van der Waals surface area contributed by atoms with Gasteiger partial charge in [0.15, 0.2) is 0 Å². The predicted octanol–water partition coefficient (Wildman–Crippen LogP) is 3.54. The van der Waals surface area contributed by atoms with Gasteiger partial charge < -0.3 is 20.7 Å². The molecule has 1 atom stereocenters. The lowest BCUT2D eigenvalue weighted by molar-refractivity contribution is -0.131. The van der Waals surface area contributed by atoms with Gasteiger partial charge in [0.25, 0.3) is 0 Å². The van der Waals surface area contributed by atoms with Crippen molar-refractivity contribution < 1.29 is 9.90 Å². The van der Waals surface area contributed by atoms with Crippen LogP contribution in [0, 0.1) is 0 Å². The van der Waals surface area contributed by atoms with Crippen molar-refractivity contribution in [3.63, 3.8) is 0 Å². The summed E-state index contributed by atoms with van der Waals surface area (Å²) in [6.07, 6.45) is 3.62. The zero-order valence-corrected chi connectivity index (χ0v) is 17.8. The lowest BCUT2D eigenvalue weighted by Gasteiger charge is -2.33. The van der Waals surface area contributed by atoms with Crippen LogP contribution in [-0.4, -0.2) is 46.0 Å². The van der Waals surface area contributed by atoms with Crippen molar-refractivity contribution in [2.45, 2.75) is 5.60 Å². The van der Waals surface area contributed by atoms with Gasteiger partial charge in [0.1, 0.15) is 11.2 Å². The molecule has 31 heavy (non-hydrogen) atoms. The summed E-state index contributed by atoms with van der Waals surface area (Å²) in [4.78, 5) is 21.0. The number of aromatic nitrogens is 2. The first-order valence-electron chi connectivity index (χ1n) is 9.88. The van der Waals surface area contributed by atoms with Crippen LogP contribution in [0.2, 0.25) is 5.02 Å². The van der Waals surface area contributed by atoms with Gasteiger partial charge in [-0.3, -0.25) is 4.79 Å². The third-order valence-corrected chi connectivity index (χ3v) is 5.77. The van der Waals surface area contributed by atoms with E-state index in [1.165, 1.54) is 4.90 Å². The van der Waals surface area contributed by atoms with Gasteiger partial charge in [-0.15, -0.1) is 0 Å². The van der Waals surface area contributed by atoms with E-state index in [9.17, 15) is 9.90 Å². The number of nitrogens with zero attached hydrogens (tertiary/aromatic N) is 2. The molecule has 0 aliphatic rings. The Balaban J connectivity index is 1.75. The fraction of sp³-hybridized carbons (Fsp3) is 0.167. The first-order chi connectivity index (χ1) is 14.9. The fourth-order valence-corrected chi connectivity index (χ4v) is 3.93. The van der Waals surface area contributed by atoms with Crippen LogP contribution in [0.5, 0.6) is 0 Å². The highest BCUT2D eigenvalue weighted by atomic mass is 35.5. The largest absolute Gasteiger partial charge is 0.379 e. The van der Waals surface area contributed by atoms with E-state index in [4.69, 9.17) is 17.3 Å². The number of aromatic amines is 1. The Kier molecular flexibility index (Phi) is 5.78. The Hall–Kier alpha value is -3.19. The number of nitrogens with one attached hydrogen (secondary N) is 1. The molecule has 158 valence electrons. The maximum atomic E-state index is 12.1. The van der Waals surface area contributed by atoms with Gasteiger partial charge in [-0.1, -0.05) is 48.0 Å². The van der Waals surface area contributed by atoms with Gasteiger partial charge in [0.2, 0.25) is 5.91 Å². The van der Waals surface area contributed by atoms with E-state index >= 15 is 0 Å². The molecule has 2 aromatic carbocycles. The molecular weight excluding hydrogens is 412 g/mol. The quantitative estimate of drug-likeness (QED) is 0.432. The number of likely N-dealkylation sites (N-methyl/N-ethyl adjacent to an activating group) is 1. The molecule has 0 spiro atoms. The monoisotopic (exact) mass is 434 g/mol. The highest BCUT2D eigenvalue weighted by Crippen LogP contribution is 2.34. The third kappa shape index (κ3) is 4.05. The average Bonchev–Trinajstić information content (AvgIpc) is 3.28. The Morgan fingerprint density at radius 3 is 2.39 bits per heavy atom. The molecule has 0 fully saturated rings. The number of hydrogen-bond donors (Lipinski definition) is 3. The van der Waals surface area contributed by atoms with Crippen molar-refractivity contribution in [1.82, 2.24) is 14.9 Å². The van der Waals surface area contributed by atoms with Crippen molar-refractivity contribution in [3.8, 4) is 11.1 Å². The number of amides is 1. The predicted molar refractivity (Wildman–Crippen MR) is 123 cm³/mol. The number of hydrogen-bond acceptors (Lipinski definition) is 4. The van der Waals surface area contributed by atoms with Crippen molar-refractivity contribution >= 4 is 28.5 Å². The van der Waals surface area contributed by atoms with Gasteiger partial charge in [0, 0.05) is 29.9 Å². The average molecular weight is 435 g/mol. The van der Waals surface area contributed by atoms with Gasteiger partial charge in [-0.2, -0.15) is 0 Å². The molecular formula is C24H23ClN4O2. The van der Waals surface area contributed by atoms with Crippen LogP contribution >= 0.6 is 11.6 Å². The Morgan fingerprint density at radius 2 is 1.74 bits per heavy atom. The van der Waals surface area contributed by atoms with Crippen LogP contribution < -0.4 is 5.73 Å². The lowest BCUT2D eigenvalue weighted by atomic mass is 9.85. The molecule has 7 heteroatoms. The molecule has 1 unspecified atom stereocenters. The van der Waals surface area contributed by atoms with Gasteiger partial charge in [-0.25, -0.2) is 4.98 Å². The number of carbonyl (C=O) groups is 1. The number of fused-ring (bicyclic) bond motifs is 1. The van der Waals surface area contributed by atoms with Crippen molar-refractivity contribution in [3.05, 3.63) is 89.2 Å². The first-order valence-corrected chi connectivity index (χ1v) is 10.3. The van der Waals surface area contributed by atoms with Crippen LogP contribution in [-0.2, 0) is 10.4 Å². The molecule has 1 amide bonds. The van der Waals surface area contributed by atoms with E-state index in [1.807, 2.05) is 42.6 Å². The van der Waals surface area contributed by atoms with Crippen LogP contribution in [0.1, 0.15) is 11.1 Å². The van der Waals surface area contributed by atoms with E-state index < -0.39 is 5.60 Å². The molecule has 0 radical (unpaired) electrons. The topological polar surface area (TPSA) is 95.2 Å². The smallest absolute Gasteiger partial charge is 0.236 e. The highest BCUT2D eigenvalue weighted by Gasteiger charge is 2.34. The van der Waals surface area contributed by atoms with Crippen molar-refractivity contribution in [2.24, 2.45) is 5.73 Å². The minimum Gasteiger partial charge on any atom is -0.379 e. The minimum atomic E-state index is -1.43. The van der Waals surface area contributed by atoms with Gasteiger partial charge in [-0.05, 0) is 46.5 Å². The van der Waals surface area contributed by atoms with E-state index in [-0.39, 0.29) is 19.0 Å². The number of carbonyl (C=O) groups excluding carboxylic acids is 1. The molecule has 0 bridgehead atoms. The summed E-state index contributed by atoms with van der Waals surface area (Å²) in [5, 5.41) is 13.4. The molecule has 0 aliphatic heterocycles. The molecule has 2 heterocycles. The van der Waals surface area contributed by atoms with Crippen LogP contribution in [0.3, 0.4) is 0 Å². The minimum absolute atomic E-state index is 0.0569. The van der Waals surface area contributed by atoms with E-state index in [0.717, 1.165) is 22.2 Å². The number of halogens is 1. The third-order valence-electron chi connectivity index (χ3n) is 5.52. The zero-order chi connectivity index (χ0) is 22.0. The zero-order valence-electron chi connectivity index (χ0n) is 17.0. The number of nitrogens with two attached hydrogens (primary N) is 1. The van der Waals surface area contributed by atoms with Gasteiger partial charge >= 0.3 is 0 Å². The normalized spacial score (nSPS) is 13.2. The summed E-state index contributed by atoms with van der Waals surface area (Å²) in [6.45, 7) is -0.0673. The molecule has 4 aromatic rings. The SMILES string of the molecule is CN(CC(O)(c1ccc(Cl)cc1)c1ccc(-c2ccnc3[nH]ccc23)cc1)C(=O)CN. The highest BCUT2D eigenvalue weighted by molar-refractivity contribution is 6.30. The number of aliphatic hydroxyl groups is 1. The molecule has 0 aliphatic carbocycles. The fourth-order valence-electron chi connectivity index (χ4n) is 3.80. The van der Waals surface area contributed by atoms with E-state index in [1.54, 1.807) is 37.5 Å². The maximum Gasteiger partial charge on any atom is 0.236 e. The standard InChI is InChI=1S/C24H23ClN4O2/c1-29(22(30)14-26)15-24(31,18-6-8-19(25)9-7-18)17-4-2-16(3-5-17)20-10-12-27-23-21(20)11-13-28-23/h2-13,31H,14-15,26H2,1H3,(H,27,28). The van der Waals surface area contributed by atoms with Crippen LogP contribution in [0.15, 0.2) is 73.1 Å². The molecule has 0 saturated carbocycles. The molecule has 4 N–H and O–H groups in total. The molecule has 2 aromatic heterocycles. The second-order valence-electron chi connectivity index (χ2n) is 7.50. The molecule has 4 rings (SSSR count). The molecule has 6 nitrogen and oxygen atoms in total. The number of rotatable bonds is 6. The second kappa shape index (κ2) is 8.51. The van der Waals surface area contributed by atoms with Crippen molar-refractivity contribution in [2.75, 3.05) is 20.1 Å². The maximum absolute atomic E-state index is 12.1. The van der Waals surface area contributed by atoms with E-state index in [0.29, 0.717) is 16.1 Å². The summed E-state index contributed by atoms with van der Waals surface area (Å²) in [7, 11) is 1.63. The first kappa shape index (κ1) is 21.1. The summed E-state index contributed by atoms with van der Waals surface area (Å²) in [5.41, 5.74) is 8.25. The second-order valence-corrected chi connectivity index (χ2v) is 7.93. The Labute approximate surface area is 185 Å². The molecule has 0 saturated heterocycles. The summed E-state index contributed by atoms with van der Waals surface area (Å²) >= 11 is 6.04. The van der Waals surface area contributed by atoms with E-state index in [2.05, 4.69) is 9.97 Å². The van der Waals surface area contributed by atoms with Crippen LogP contribution in [0.4, 0.5) is 0 Å². The number of benzene rings is 2. The Bertz CT molecular complexity index is 1200. The lowest BCUT2D eigenvalue weighted by Crippen LogP contribution is -2.44. The van der Waals surface area contributed by atoms with Crippen molar-refractivity contribution in [1.29, 1.82) is 0 Å². The number of H-pyrrole nitrogens is 1. The van der Waals surface area contributed by atoms with Crippen LogP contribution in [0.25, 0.3) is 22.2 Å². The summed E-state index contributed by atoms with van der Waals surface area (Å²) in [6, 6.07) is 18.6. The van der Waals surface area contributed by atoms with Gasteiger partial charge in [0.05, 0.1) is 13.1 Å². The summed E-state index contributed by atoms with van der Waals surface area (Å²) < 4.78 is 0. The Morgan fingerprint density at radius 1 is 1.10 bits per heavy atom. The summed E-state index contributed by atoms with van der Waals surface area (Å²) in [5.74, 6) is -0.254.